The molecule has 2 aromatic carbocycles. The van der Waals surface area contributed by atoms with Gasteiger partial charge in [-0.3, -0.25) is 4.79 Å². The van der Waals surface area contributed by atoms with Crippen molar-refractivity contribution in [1.82, 2.24) is 15.3 Å². The molecule has 0 aliphatic heterocycles. The zero-order chi connectivity index (χ0) is 19.6. The van der Waals surface area contributed by atoms with Gasteiger partial charge in [0.15, 0.2) is 0 Å². The van der Waals surface area contributed by atoms with E-state index in [1.807, 2.05) is 25.1 Å². The largest absolute Gasteiger partial charge is 0.416 e. The molecule has 1 aromatic heterocycles. The van der Waals surface area contributed by atoms with Gasteiger partial charge in [0.05, 0.1) is 29.1 Å². The zero-order valence-corrected chi connectivity index (χ0v) is 14.8. The maximum atomic E-state index is 13.1. The van der Waals surface area contributed by atoms with Crippen LogP contribution < -0.4 is 10.6 Å². The van der Waals surface area contributed by atoms with Crippen molar-refractivity contribution in [2.45, 2.75) is 25.6 Å². The van der Waals surface area contributed by atoms with Gasteiger partial charge in [0.25, 0.3) is 0 Å². The van der Waals surface area contributed by atoms with Crippen molar-refractivity contribution in [1.29, 1.82) is 0 Å². The van der Waals surface area contributed by atoms with E-state index in [9.17, 15) is 18.0 Å². The number of nitrogens with zero attached hydrogens (tertiary/aromatic N) is 1. The van der Waals surface area contributed by atoms with E-state index >= 15 is 0 Å². The number of alkyl halides is 3. The van der Waals surface area contributed by atoms with Crippen molar-refractivity contribution >= 4 is 22.9 Å². The molecule has 1 unspecified atom stereocenters. The van der Waals surface area contributed by atoms with Crippen molar-refractivity contribution in [2.24, 2.45) is 0 Å². The number of aryl methyl sites for hydroxylation is 1. The fourth-order valence-corrected chi connectivity index (χ4v) is 2.88. The molecule has 0 bridgehead atoms. The molecule has 1 heterocycles. The summed E-state index contributed by atoms with van der Waals surface area (Å²) >= 11 is 0. The average Bonchev–Trinajstić information content (AvgIpc) is 3.04. The van der Waals surface area contributed by atoms with Crippen LogP contribution in [0.5, 0.6) is 0 Å². The Hall–Kier alpha value is -3.03. The fraction of sp³-hybridized carbons (Fsp3) is 0.263. The van der Waals surface area contributed by atoms with Crippen LogP contribution in [0.15, 0.2) is 42.5 Å². The first kappa shape index (κ1) is 18.8. The first-order chi connectivity index (χ1) is 12.8. The highest BCUT2D eigenvalue weighted by Crippen LogP contribution is 2.32. The van der Waals surface area contributed by atoms with Gasteiger partial charge in [0, 0.05) is 7.05 Å². The molecule has 0 saturated heterocycles. The van der Waals surface area contributed by atoms with Gasteiger partial charge in [-0.1, -0.05) is 24.3 Å². The maximum Gasteiger partial charge on any atom is 0.416 e. The van der Waals surface area contributed by atoms with Crippen LogP contribution in [-0.2, 0) is 11.0 Å². The summed E-state index contributed by atoms with van der Waals surface area (Å²) in [4.78, 5) is 19.4. The molecule has 0 radical (unpaired) electrons. The number of hydrogen-bond donors (Lipinski definition) is 3. The third-order valence-electron chi connectivity index (χ3n) is 4.31. The van der Waals surface area contributed by atoms with Crippen LogP contribution in [0.2, 0.25) is 0 Å². The van der Waals surface area contributed by atoms with Crippen LogP contribution in [0.1, 0.15) is 29.2 Å². The van der Waals surface area contributed by atoms with Gasteiger partial charge in [-0.15, -0.1) is 0 Å². The Balaban J connectivity index is 1.96. The Labute approximate surface area is 154 Å². The number of carbonyl (C=O) groups is 1. The van der Waals surface area contributed by atoms with E-state index in [1.165, 1.54) is 13.1 Å². The van der Waals surface area contributed by atoms with Crippen molar-refractivity contribution in [2.75, 3.05) is 12.4 Å². The number of carbonyl (C=O) groups excluding carboxylic acids is 1. The van der Waals surface area contributed by atoms with Crippen LogP contribution in [0.25, 0.3) is 11.0 Å². The number of halogens is 3. The minimum Gasteiger partial charge on any atom is -0.359 e. The van der Waals surface area contributed by atoms with E-state index in [-0.39, 0.29) is 12.3 Å². The molecule has 0 aliphatic carbocycles. The number of nitrogens with one attached hydrogen (secondary N) is 3. The van der Waals surface area contributed by atoms with Gasteiger partial charge < -0.3 is 15.6 Å². The number of aromatic nitrogens is 2. The van der Waals surface area contributed by atoms with Crippen LogP contribution in [0.4, 0.5) is 19.1 Å². The summed E-state index contributed by atoms with van der Waals surface area (Å²) in [6, 6.07) is 9.94. The topological polar surface area (TPSA) is 69.8 Å². The van der Waals surface area contributed by atoms with Gasteiger partial charge in [-0.2, -0.15) is 13.2 Å². The SMILES string of the molecule is CNC(=O)CC(Nc1nc2c(C)cccc2[nH]1)c1cccc(C(F)(F)F)c1. The number of anilines is 1. The molecule has 142 valence electrons. The second-order valence-corrected chi connectivity index (χ2v) is 6.25. The molecule has 0 spiro atoms. The second-order valence-electron chi connectivity index (χ2n) is 6.25. The number of benzene rings is 2. The van der Waals surface area contributed by atoms with Crippen molar-refractivity contribution in [3.8, 4) is 0 Å². The molecule has 27 heavy (non-hydrogen) atoms. The number of hydrogen-bond acceptors (Lipinski definition) is 3. The monoisotopic (exact) mass is 376 g/mol. The number of fused-ring (bicyclic) bond motifs is 1. The predicted molar refractivity (Wildman–Crippen MR) is 97.3 cm³/mol. The summed E-state index contributed by atoms with van der Waals surface area (Å²) in [6.07, 6.45) is -4.49. The summed E-state index contributed by atoms with van der Waals surface area (Å²) in [6.45, 7) is 1.92. The lowest BCUT2D eigenvalue weighted by atomic mass is 10.0. The maximum absolute atomic E-state index is 13.1. The van der Waals surface area contributed by atoms with E-state index in [2.05, 4.69) is 20.6 Å². The predicted octanol–water partition coefficient (Wildman–Crippen LogP) is 4.18. The zero-order valence-electron chi connectivity index (χ0n) is 14.8. The van der Waals surface area contributed by atoms with Gasteiger partial charge in [-0.05, 0) is 36.2 Å². The van der Waals surface area contributed by atoms with E-state index in [0.717, 1.165) is 28.7 Å². The van der Waals surface area contributed by atoms with Crippen molar-refractivity contribution in [3.05, 3.63) is 59.2 Å². The van der Waals surface area contributed by atoms with E-state index in [4.69, 9.17) is 0 Å². The van der Waals surface area contributed by atoms with E-state index in [0.29, 0.717) is 11.5 Å². The Morgan fingerprint density at radius 1 is 1.22 bits per heavy atom. The summed E-state index contributed by atoms with van der Waals surface area (Å²) < 4.78 is 39.2. The van der Waals surface area contributed by atoms with Gasteiger partial charge >= 0.3 is 6.18 Å². The number of rotatable bonds is 5. The molecular weight excluding hydrogens is 357 g/mol. The lowest BCUT2D eigenvalue weighted by Crippen LogP contribution is -2.24. The minimum atomic E-state index is -4.45. The molecule has 1 amide bonds. The number of amides is 1. The van der Waals surface area contributed by atoms with Crippen molar-refractivity contribution < 1.29 is 18.0 Å². The molecular formula is C19H19F3N4O. The van der Waals surface area contributed by atoms with Crippen LogP contribution >= 0.6 is 0 Å². The molecule has 0 fully saturated rings. The van der Waals surface area contributed by atoms with Gasteiger partial charge in [-0.25, -0.2) is 4.98 Å². The number of para-hydroxylation sites is 1. The van der Waals surface area contributed by atoms with E-state index in [1.54, 1.807) is 6.07 Å². The molecule has 8 heteroatoms. The molecule has 0 aliphatic rings. The molecule has 3 rings (SSSR count). The second kappa shape index (κ2) is 7.30. The first-order valence-corrected chi connectivity index (χ1v) is 8.37. The lowest BCUT2D eigenvalue weighted by Gasteiger charge is -2.19. The molecule has 3 aromatic rings. The molecule has 1 atom stereocenters. The van der Waals surface area contributed by atoms with Crippen LogP contribution in [-0.4, -0.2) is 22.9 Å². The standard InChI is InChI=1S/C19H19F3N4O/c1-11-5-3-8-14-17(11)26-18(24-14)25-15(10-16(27)23-2)12-6-4-7-13(9-12)19(20,21)22/h3-9,15H,10H2,1-2H3,(H,23,27)(H2,24,25,26). The summed E-state index contributed by atoms with van der Waals surface area (Å²) in [5.74, 6) is 0.0998. The average molecular weight is 376 g/mol. The van der Waals surface area contributed by atoms with E-state index < -0.39 is 17.8 Å². The first-order valence-electron chi connectivity index (χ1n) is 8.37. The quantitative estimate of drug-likeness (QED) is 0.626. The summed E-state index contributed by atoms with van der Waals surface area (Å²) in [7, 11) is 1.48. The van der Waals surface area contributed by atoms with Gasteiger partial charge in [0.1, 0.15) is 0 Å². The number of aromatic amines is 1. The smallest absolute Gasteiger partial charge is 0.359 e. The highest BCUT2D eigenvalue weighted by molar-refractivity contribution is 5.81. The summed E-state index contributed by atoms with van der Waals surface area (Å²) in [5, 5.41) is 5.56. The normalized spacial score (nSPS) is 12.8. The molecule has 5 nitrogen and oxygen atoms in total. The fourth-order valence-electron chi connectivity index (χ4n) is 2.88. The highest BCUT2D eigenvalue weighted by atomic mass is 19.4. The minimum absolute atomic E-state index is 0.0339. The Bertz CT molecular complexity index is 965. The Morgan fingerprint density at radius 3 is 2.63 bits per heavy atom. The van der Waals surface area contributed by atoms with Crippen LogP contribution in [0.3, 0.4) is 0 Å². The van der Waals surface area contributed by atoms with Crippen LogP contribution in [0, 0.1) is 6.92 Å². The number of H-pyrrole nitrogens is 1. The Morgan fingerprint density at radius 2 is 1.96 bits per heavy atom. The lowest BCUT2D eigenvalue weighted by molar-refractivity contribution is -0.137. The molecule has 3 N–H and O–H groups in total. The third kappa shape index (κ3) is 4.21. The van der Waals surface area contributed by atoms with Gasteiger partial charge in [0.2, 0.25) is 11.9 Å². The number of imidazole rings is 1. The van der Waals surface area contributed by atoms with Crippen molar-refractivity contribution in [3.63, 3.8) is 0 Å². The molecule has 0 saturated carbocycles. The third-order valence-corrected chi connectivity index (χ3v) is 4.31. The Kier molecular flexibility index (Phi) is 5.07. The summed E-state index contributed by atoms with van der Waals surface area (Å²) in [5.41, 5.74) is 2.14. The highest BCUT2D eigenvalue weighted by Gasteiger charge is 2.31.